The molecule has 0 amide bonds. The molecule has 0 saturated carbocycles. The second kappa shape index (κ2) is 4.84. The first-order valence-corrected chi connectivity index (χ1v) is 6.75. The number of nitrogens with two attached hydrogens (primary N) is 1. The van der Waals surface area contributed by atoms with Crippen LogP contribution in [0.4, 0.5) is 0 Å². The molecule has 2 saturated heterocycles. The van der Waals surface area contributed by atoms with Crippen molar-refractivity contribution in [2.24, 2.45) is 5.73 Å². The van der Waals surface area contributed by atoms with Crippen molar-refractivity contribution < 1.29 is 9.84 Å². The molecule has 2 heterocycles. The molecule has 0 aromatic carbocycles. The second-order valence-corrected chi connectivity index (χ2v) is 6.34. The molecule has 0 bridgehead atoms. The maximum atomic E-state index is 10.1. The number of aliphatic hydroxyl groups is 1. The lowest BCUT2D eigenvalue weighted by molar-refractivity contribution is -0.177. The summed E-state index contributed by atoms with van der Waals surface area (Å²) in [6, 6.07) is 0. The van der Waals surface area contributed by atoms with Crippen LogP contribution in [0.25, 0.3) is 0 Å². The molecule has 2 rings (SSSR count). The standard InChI is InChI=1S/C13H26N2O2/c1-12(2,14)10-15-7-5-13(6-8-15)11(16)4-3-9-17-13/h11,16H,3-10,14H2,1-2H3. The normalized spacial score (nSPS) is 30.7. The van der Waals surface area contributed by atoms with Crippen molar-refractivity contribution in [1.29, 1.82) is 0 Å². The van der Waals surface area contributed by atoms with Crippen LogP contribution in [-0.2, 0) is 4.74 Å². The van der Waals surface area contributed by atoms with Gasteiger partial charge in [-0.25, -0.2) is 0 Å². The number of hydrogen-bond donors (Lipinski definition) is 2. The topological polar surface area (TPSA) is 58.7 Å². The highest BCUT2D eigenvalue weighted by Crippen LogP contribution is 2.35. The van der Waals surface area contributed by atoms with Crippen LogP contribution in [0.2, 0.25) is 0 Å². The fraction of sp³-hybridized carbons (Fsp3) is 1.00. The van der Waals surface area contributed by atoms with E-state index in [1.54, 1.807) is 0 Å². The zero-order valence-corrected chi connectivity index (χ0v) is 11.1. The zero-order chi connectivity index (χ0) is 12.5. The van der Waals surface area contributed by atoms with Crippen LogP contribution in [0.5, 0.6) is 0 Å². The van der Waals surface area contributed by atoms with Crippen LogP contribution in [-0.4, -0.2) is 53.5 Å². The Morgan fingerprint density at radius 1 is 1.41 bits per heavy atom. The summed E-state index contributed by atoms with van der Waals surface area (Å²) in [6.07, 6.45) is 3.48. The minimum atomic E-state index is -0.274. The molecule has 1 spiro atoms. The van der Waals surface area contributed by atoms with E-state index in [2.05, 4.69) is 18.7 Å². The van der Waals surface area contributed by atoms with E-state index in [4.69, 9.17) is 10.5 Å². The summed E-state index contributed by atoms with van der Waals surface area (Å²) in [7, 11) is 0. The SMILES string of the molecule is CC(C)(N)CN1CCC2(CC1)OCCCC2O. The van der Waals surface area contributed by atoms with Gasteiger partial charge in [0.1, 0.15) is 0 Å². The van der Waals surface area contributed by atoms with Crippen LogP contribution in [0, 0.1) is 0 Å². The van der Waals surface area contributed by atoms with Crippen molar-refractivity contribution in [3.05, 3.63) is 0 Å². The number of nitrogens with zero attached hydrogens (tertiary/aromatic N) is 1. The van der Waals surface area contributed by atoms with Crippen molar-refractivity contribution >= 4 is 0 Å². The molecule has 100 valence electrons. The highest BCUT2D eigenvalue weighted by molar-refractivity contribution is 4.96. The first-order chi connectivity index (χ1) is 7.91. The first kappa shape index (κ1) is 13.3. The zero-order valence-electron chi connectivity index (χ0n) is 11.1. The Morgan fingerprint density at radius 2 is 2.06 bits per heavy atom. The molecule has 17 heavy (non-hydrogen) atoms. The molecule has 0 radical (unpaired) electrons. The van der Waals surface area contributed by atoms with E-state index >= 15 is 0 Å². The van der Waals surface area contributed by atoms with E-state index in [9.17, 15) is 5.11 Å². The van der Waals surface area contributed by atoms with Gasteiger partial charge in [-0.2, -0.15) is 0 Å². The molecule has 1 unspecified atom stereocenters. The Kier molecular flexibility index (Phi) is 3.78. The van der Waals surface area contributed by atoms with Gasteiger partial charge >= 0.3 is 0 Å². The van der Waals surface area contributed by atoms with Crippen LogP contribution < -0.4 is 5.73 Å². The van der Waals surface area contributed by atoms with Gasteiger partial charge in [0.2, 0.25) is 0 Å². The summed E-state index contributed by atoms with van der Waals surface area (Å²) in [5, 5.41) is 10.1. The van der Waals surface area contributed by atoms with Crippen LogP contribution in [0.1, 0.15) is 39.5 Å². The van der Waals surface area contributed by atoms with E-state index < -0.39 is 0 Å². The van der Waals surface area contributed by atoms with Crippen molar-refractivity contribution in [1.82, 2.24) is 4.90 Å². The summed E-state index contributed by atoms with van der Waals surface area (Å²) in [5.41, 5.74) is 5.64. The van der Waals surface area contributed by atoms with Crippen molar-refractivity contribution in [3.63, 3.8) is 0 Å². The Hall–Kier alpha value is -0.160. The maximum absolute atomic E-state index is 10.1. The number of ether oxygens (including phenoxy) is 1. The molecule has 1 atom stereocenters. The minimum absolute atomic E-state index is 0.142. The predicted octanol–water partition coefficient (Wildman–Crippen LogP) is 0.730. The van der Waals surface area contributed by atoms with Crippen molar-refractivity contribution in [3.8, 4) is 0 Å². The van der Waals surface area contributed by atoms with Gasteiger partial charge in [0, 0.05) is 31.8 Å². The minimum Gasteiger partial charge on any atom is -0.390 e. The maximum Gasteiger partial charge on any atom is 0.0964 e. The third-order valence-corrected chi connectivity index (χ3v) is 3.95. The summed E-state index contributed by atoms with van der Waals surface area (Å²) < 4.78 is 5.89. The van der Waals surface area contributed by atoms with Gasteiger partial charge in [-0.05, 0) is 39.5 Å². The molecule has 2 fully saturated rings. The average Bonchev–Trinajstić information content (AvgIpc) is 2.24. The molecule has 0 aliphatic carbocycles. The van der Waals surface area contributed by atoms with Crippen molar-refractivity contribution in [2.75, 3.05) is 26.2 Å². The highest BCUT2D eigenvalue weighted by atomic mass is 16.5. The molecule has 2 aliphatic heterocycles. The first-order valence-electron chi connectivity index (χ1n) is 6.75. The van der Waals surface area contributed by atoms with E-state index in [0.29, 0.717) is 0 Å². The lowest BCUT2D eigenvalue weighted by Crippen LogP contribution is -2.57. The van der Waals surface area contributed by atoms with E-state index in [1.165, 1.54) is 0 Å². The molecule has 2 aliphatic rings. The molecule has 0 aromatic heterocycles. The monoisotopic (exact) mass is 242 g/mol. The Balaban J connectivity index is 1.88. The number of hydrogen-bond acceptors (Lipinski definition) is 4. The summed E-state index contributed by atoms with van der Waals surface area (Å²) in [6.45, 7) is 7.81. The van der Waals surface area contributed by atoms with Gasteiger partial charge in [0.15, 0.2) is 0 Å². The van der Waals surface area contributed by atoms with Crippen LogP contribution in [0.3, 0.4) is 0 Å². The van der Waals surface area contributed by atoms with E-state index in [1.807, 2.05) is 0 Å². The number of likely N-dealkylation sites (tertiary alicyclic amines) is 1. The smallest absolute Gasteiger partial charge is 0.0964 e. The van der Waals surface area contributed by atoms with Gasteiger partial charge < -0.3 is 20.5 Å². The fourth-order valence-corrected chi connectivity index (χ4v) is 3.05. The molecule has 4 nitrogen and oxygen atoms in total. The molecular weight excluding hydrogens is 216 g/mol. The lowest BCUT2D eigenvalue weighted by Gasteiger charge is -2.47. The van der Waals surface area contributed by atoms with Gasteiger partial charge in [-0.3, -0.25) is 0 Å². The molecule has 0 aromatic rings. The van der Waals surface area contributed by atoms with Crippen molar-refractivity contribution in [2.45, 2.75) is 56.8 Å². The fourth-order valence-electron chi connectivity index (χ4n) is 3.05. The Labute approximate surface area is 104 Å². The van der Waals surface area contributed by atoms with Crippen LogP contribution in [0.15, 0.2) is 0 Å². The lowest BCUT2D eigenvalue weighted by atomic mass is 9.81. The summed E-state index contributed by atoms with van der Waals surface area (Å²) in [5.74, 6) is 0. The van der Waals surface area contributed by atoms with E-state index in [0.717, 1.165) is 51.9 Å². The number of rotatable bonds is 2. The third-order valence-electron chi connectivity index (χ3n) is 3.95. The predicted molar refractivity (Wildman–Crippen MR) is 67.9 cm³/mol. The average molecular weight is 242 g/mol. The quantitative estimate of drug-likeness (QED) is 0.749. The molecular formula is C13H26N2O2. The van der Waals surface area contributed by atoms with Crippen LogP contribution >= 0.6 is 0 Å². The Morgan fingerprint density at radius 3 is 2.59 bits per heavy atom. The van der Waals surface area contributed by atoms with Gasteiger partial charge in [0.05, 0.1) is 11.7 Å². The van der Waals surface area contributed by atoms with Gasteiger partial charge in [0.25, 0.3) is 0 Å². The summed E-state index contributed by atoms with van der Waals surface area (Å²) >= 11 is 0. The second-order valence-electron chi connectivity index (χ2n) is 6.34. The summed E-state index contributed by atoms with van der Waals surface area (Å²) in [4.78, 5) is 2.38. The largest absolute Gasteiger partial charge is 0.390 e. The van der Waals surface area contributed by atoms with E-state index in [-0.39, 0.29) is 17.2 Å². The van der Waals surface area contributed by atoms with Gasteiger partial charge in [-0.15, -0.1) is 0 Å². The highest BCUT2D eigenvalue weighted by Gasteiger charge is 2.43. The molecule has 3 N–H and O–H groups in total. The molecule has 4 heteroatoms. The van der Waals surface area contributed by atoms with Gasteiger partial charge in [-0.1, -0.05) is 0 Å². The number of piperidine rings is 1. The third kappa shape index (κ3) is 3.19. The number of aliphatic hydroxyl groups excluding tert-OH is 1. The Bertz CT molecular complexity index is 255.